The molecule has 2 aromatic carbocycles. The Balaban J connectivity index is 1.23. The van der Waals surface area contributed by atoms with Crippen molar-refractivity contribution in [1.82, 2.24) is 9.88 Å². The molecule has 3 aliphatic rings. The number of aromatic nitrogens is 1. The second-order valence-electron chi connectivity index (χ2n) is 11.3. The van der Waals surface area contributed by atoms with Crippen molar-refractivity contribution < 1.29 is 14.4 Å². The Bertz CT molecular complexity index is 1580. The van der Waals surface area contributed by atoms with Crippen molar-refractivity contribution in [2.75, 3.05) is 17.2 Å². The maximum atomic E-state index is 13.6. The van der Waals surface area contributed by atoms with Crippen molar-refractivity contribution in [3.05, 3.63) is 88.6 Å². The lowest BCUT2D eigenvalue weighted by atomic mass is 9.79. The summed E-state index contributed by atoms with van der Waals surface area (Å²) in [5, 5.41) is 5.89. The van der Waals surface area contributed by atoms with Gasteiger partial charge >= 0.3 is 0 Å². The number of hydrogen-bond donors (Lipinski definition) is 2. The fourth-order valence-corrected chi connectivity index (χ4v) is 5.94. The van der Waals surface area contributed by atoms with Gasteiger partial charge in [-0.25, -0.2) is 4.98 Å². The molecule has 2 N–H and O–H groups in total. The fraction of sp³-hybridized carbons (Fsp3) is 0.323. The molecule has 2 unspecified atom stereocenters. The van der Waals surface area contributed by atoms with E-state index in [1.807, 2.05) is 82.3 Å². The number of benzene rings is 2. The van der Waals surface area contributed by atoms with Gasteiger partial charge in [0.15, 0.2) is 0 Å². The number of carbonyl (C=O) groups is 3. The molecule has 2 atom stereocenters. The maximum Gasteiger partial charge on any atom is 0.256 e. The second kappa shape index (κ2) is 8.86. The number of aliphatic imine (C=N–C) groups is 1. The van der Waals surface area contributed by atoms with Gasteiger partial charge in [0.1, 0.15) is 23.7 Å². The van der Waals surface area contributed by atoms with Gasteiger partial charge in [0.2, 0.25) is 11.8 Å². The van der Waals surface area contributed by atoms with E-state index in [1.54, 1.807) is 6.20 Å². The topological polar surface area (TPSA) is 104 Å². The Kier molecular flexibility index (Phi) is 5.68. The molecule has 8 heteroatoms. The number of nitrogens with one attached hydrogen (secondary N) is 2. The molecule has 1 aliphatic carbocycles. The van der Waals surface area contributed by atoms with Crippen LogP contribution >= 0.6 is 0 Å². The van der Waals surface area contributed by atoms with Crippen LogP contribution in [0.1, 0.15) is 48.6 Å². The highest BCUT2D eigenvalue weighted by Gasteiger charge is 2.51. The molecule has 3 heterocycles. The highest BCUT2D eigenvalue weighted by molar-refractivity contribution is 6.17. The predicted molar refractivity (Wildman–Crippen MR) is 150 cm³/mol. The number of nitrogens with zero attached hydrogens (tertiary/aromatic N) is 3. The van der Waals surface area contributed by atoms with Crippen LogP contribution in [-0.2, 0) is 32.6 Å². The normalized spacial score (nSPS) is 23.2. The van der Waals surface area contributed by atoms with E-state index in [-0.39, 0.29) is 30.2 Å². The van der Waals surface area contributed by atoms with Gasteiger partial charge in [-0.15, -0.1) is 0 Å². The van der Waals surface area contributed by atoms with Gasteiger partial charge < -0.3 is 10.6 Å². The smallest absolute Gasteiger partial charge is 0.256 e. The van der Waals surface area contributed by atoms with Gasteiger partial charge in [-0.3, -0.25) is 24.3 Å². The van der Waals surface area contributed by atoms with E-state index in [1.165, 1.54) is 4.90 Å². The van der Waals surface area contributed by atoms with Gasteiger partial charge in [-0.1, -0.05) is 50.2 Å². The molecular formula is C31H31N5O3. The van der Waals surface area contributed by atoms with E-state index in [0.29, 0.717) is 30.2 Å². The molecule has 0 saturated carbocycles. The minimum atomic E-state index is -0.938. The van der Waals surface area contributed by atoms with Crippen molar-refractivity contribution >= 4 is 35.1 Å². The summed E-state index contributed by atoms with van der Waals surface area (Å²) < 4.78 is 0. The van der Waals surface area contributed by atoms with Gasteiger partial charge in [0, 0.05) is 23.0 Å². The highest BCUT2D eigenvalue weighted by Crippen LogP contribution is 2.47. The summed E-state index contributed by atoms with van der Waals surface area (Å²) >= 11 is 0. The minimum absolute atomic E-state index is 0.0331. The van der Waals surface area contributed by atoms with E-state index >= 15 is 0 Å². The van der Waals surface area contributed by atoms with Crippen molar-refractivity contribution in [2.45, 2.75) is 51.5 Å². The Hall–Kier alpha value is -4.33. The zero-order valence-electron chi connectivity index (χ0n) is 22.5. The molecule has 0 radical (unpaired) electrons. The number of rotatable bonds is 5. The molecule has 1 spiro atoms. The maximum absolute atomic E-state index is 13.6. The van der Waals surface area contributed by atoms with E-state index in [2.05, 4.69) is 15.6 Å². The lowest BCUT2D eigenvalue weighted by Gasteiger charge is -2.25. The summed E-state index contributed by atoms with van der Waals surface area (Å²) in [7, 11) is 0. The van der Waals surface area contributed by atoms with E-state index in [4.69, 9.17) is 4.99 Å². The molecule has 1 aromatic heterocycles. The third-order valence-corrected chi connectivity index (χ3v) is 8.55. The van der Waals surface area contributed by atoms with Crippen LogP contribution in [0.25, 0.3) is 0 Å². The lowest BCUT2D eigenvalue weighted by molar-refractivity contribution is -0.134. The number of hydrogen-bond acceptors (Lipinski definition) is 5. The van der Waals surface area contributed by atoms with Gasteiger partial charge in [-0.2, -0.15) is 0 Å². The summed E-state index contributed by atoms with van der Waals surface area (Å²) in [5.74, 6) is 0.592. The van der Waals surface area contributed by atoms with Gasteiger partial charge in [0.25, 0.3) is 5.91 Å². The molecule has 2 aliphatic heterocycles. The van der Waals surface area contributed by atoms with Crippen LogP contribution in [-0.4, -0.2) is 45.5 Å². The molecule has 8 nitrogen and oxygen atoms in total. The second-order valence-corrected chi connectivity index (χ2v) is 11.3. The van der Waals surface area contributed by atoms with E-state index in [9.17, 15) is 14.4 Å². The van der Waals surface area contributed by atoms with E-state index in [0.717, 1.165) is 27.8 Å². The van der Waals surface area contributed by atoms with Gasteiger partial charge in [0.05, 0.1) is 5.41 Å². The van der Waals surface area contributed by atoms with Crippen LogP contribution in [0.4, 0.5) is 11.5 Å². The highest BCUT2D eigenvalue weighted by atomic mass is 16.2. The van der Waals surface area contributed by atoms with Crippen molar-refractivity contribution in [3.63, 3.8) is 0 Å². The van der Waals surface area contributed by atoms with Crippen molar-refractivity contribution in [1.29, 1.82) is 0 Å². The van der Waals surface area contributed by atoms with E-state index < -0.39 is 11.0 Å². The van der Waals surface area contributed by atoms with Gasteiger partial charge in [-0.05, 0) is 67.5 Å². The Morgan fingerprint density at radius 1 is 1.08 bits per heavy atom. The van der Waals surface area contributed by atoms with Crippen molar-refractivity contribution in [2.24, 2.45) is 10.9 Å². The van der Waals surface area contributed by atoms with Crippen molar-refractivity contribution in [3.8, 4) is 0 Å². The average Bonchev–Trinajstić information content (AvgIpc) is 3.51. The summed E-state index contributed by atoms with van der Waals surface area (Å²) in [5.41, 5.74) is 3.87. The SMILES string of the molecule is Cc1ccccc1C1=NC(C)(C(C)C)C(=O)N1CC(=O)Nc1ccc2c(c1)CC1(C2)C(=O)Nc2ncccc21. The first-order valence-electron chi connectivity index (χ1n) is 13.3. The molecule has 3 aromatic rings. The molecule has 0 fully saturated rings. The summed E-state index contributed by atoms with van der Waals surface area (Å²) in [6.07, 6.45) is 2.81. The monoisotopic (exact) mass is 521 g/mol. The number of carbonyl (C=O) groups excluding carboxylic acids is 3. The molecule has 6 rings (SSSR count). The van der Waals surface area contributed by atoms with Crippen LogP contribution in [0.5, 0.6) is 0 Å². The summed E-state index contributed by atoms with van der Waals surface area (Å²) in [6, 6.07) is 17.3. The first-order chi connectivity index (χ1) is 18.6. The Labute approximate surface area is 227 Å². The van der Waals surface area contributed by atoms with Crippen LogP contribution in [0.15, 0.2) is 65.8 Å². The molecule has 3 amide bonds. The molecule has 39 heavy (non-hydrogen) atoms. The first kappa shape index (κ1) is 25.0. The molecule has 0 saturated heterocycles. The third kappa shape index (κ3) is 3.85. The largest absolute Gasteiger partial charge is 0.325 e. The summed E-state index contributed by atoms with van der Waals surface area (Å²) in [4.78, 5) is 50.6. The summed E-state index contributed by atoms with van der Waals surface area (Å²) in [6.45, 7) is 7.60. The molecule has 0 bridgehead atoms. The number of anilines is 2. The Morgan fingerprint density at radius 2 is 1.85 bits per heavy atom. The number of fused-ring (bicyclic) bond motifs is 3. The van der Waals surface area contributed by atoms with Crippen LogP contribution in [0, 0.1) is 12.8 Å². The zero-order valence-corrected chi connectivity index (χ0v) is 22.5. The lowest BCUT2D eigenvalue weighted by Crippen LogP contribution is -2.46. The number of amidine groups is 1. The van der Waals surface area contributed by atoms with Crippen LogP contribution in [0.2, 0.25) is 0 Å². The minimum Gasteiger partial charge on any atom is -0.325 e. The average molecular weight is 522 g/mol. The number of amides is 3. The quantitative estimate of drug-likeness (QED) is 0.529. The fourth-order valence-electron chi connectivity index (χ4n) is 5.94. The van der Waals surface area contributed by atoms with Crippen LogP contribution in [0.3, 0.4) is 0 Å². The third-order valence-electron chi connectivity index (χ3n) is 8.55. The zero-order chi connectivity index (χ0) is 27.5. The standard InChI is InChI=1S/C31H31N5O3/c1-18(2)30(4)29(39)36(27(35-30)23-9-6-5-8-19(23)3)17-25(37)33-22-12-11-20-15-31(16-21(20)14-22)24-10-7-13-32-26(24)34-28(31)38/h5-14,18H,15-17H2,1-4H3,(H,33,37)(H,32,34,38). The molecule has 198 valence electrons. The predicted octanol–water partition coefficient (Wildman–Crippen LogP) is 4.02. The van der Waals surface area contributed by atoms with Crippen LogP contribution < -0.4 is 10.6 Å². The number of aryl methyl sites for hydroxylation is 1. The Morgan fingerprint density at radius 3 is 2.62 bits per heavy atom. The number of pyridine rings is 1. The first-order valence-corrected chi connectivity index (χ1v) is 13.3. The molecular weight excluding hydrogens is 490 g/mol.